The minimum absolute atomic E-state index is 0.638. The molecule has 4 N–H and O–H groups in total. The van der Waals surface area contributed by atoms with E-state index in [1.807, 2.05) is 13.0 Å². The zero-order valence-electron chi connectivity index (χ0n) is 10.2. The van der Waals surface area contributed by atoms with E-state index in [1.54, 1.807) is 0 Å². The molecule has 5 nitrogen and oxygen atoms in total. The Hall–Kier alpha value is -1.36. The summed E-state index contributed by atoms with van der Waals surface area (Å²) in [6, 6.07) is 1.81. The highest BCUT2D eigenvalue weighted by atomic mass is 15.3. The third kappa shape index (κ3) is 4.44. The van der Waals surface area contributed by atoms with Crippen molar-refractivity contribution in [3.05, 3.63) is 11.9 Å². The first-order chi connectivity index (χ1) is 7.61. The van der Waals surface area contributed by atoms with E-state index in [9.17, 15) is 0 Å². The first-order valence-corrected chi connectivity index (χ1v) is 5.68. The Morgan fingerprint density at radius 1 is 1.31 bits per heavy atom. The molecule has 0 aromatic carbocycles. The molecule has 0 radical (unpaired) electrons. The van der Waals surface area contributed by atoms with Crippen LogP contribution < -0.4 is 16.6 Å². The Kier molecular flexibility index (Phi) is 4.98. The van der Waals surface area contributed by atoms with Gasteiger partial charge in [0.25, 0.3) is 0 Å². The number of aromatic nitrogens is 2. The average Bonchev–Trinajstić information content (AvgIpc) is 2.23. The largest absolute Gasteiger partial charge is 0.370 e. The van der Waals surface area contributed by atoms with E-state index in [4.69, 9.17) is 5.84 Å². The Balaban J connectivity index is 2.44. The normalized spacial score (nSPS) is 10.6. The van der Waals surface area contributed by atoms with E-state index in [0.29, 0.717) is 11.6 Å². The summed E-state index contributed by atoms with van der Waals surface area (Å²) in [6.07, 6.45) is 2.37. The molecule has 1 rings (SSSR count). The summed E-state index contributed by atoms with van der Waals surface area (Å²) in [6.45, 7) is 7.23. The topological polar surface area (TPSA) is 75.9 Å². The maximum absolute atomic E-state index is 5.31. The van der Waals surface area contributed by atoms with E-state index in [2.05, 4.69) is 34.6 Å². The van der Waals surface area contributed by atoms with Gasteiger partial charge in [-0.05, 0) is 25.7 Å². The third-order valence-corrected chi connectivity index (χ3v) is 2.25. The second-order valence-corrected chi connectivity index (χ2v) is 4.29. The highest BCUT2D eigenvalue weighted by Gasteiger charge is 2.00. The SMILES string of the molecule is Cc1nc(NN)cc(NCCCC(C)C)n1. The van der Waals surface area contributed by atoms with Gasteiger partial charge in [0.1, 0.15) is 17.5 Å². The second kappa shape index (κ2) is 6.27. The van der Waals surface area contributed by atoms with Crippen LogP contribution in [0, 0.1) is 12.8 Å². The summed E-state index contributed by atoms with van der Waals surface area (Å²) in [5.74, 6) is 8.23. The first-order valence-electron chi connectivity index (χ1n) is 5.68. The van der Waals surface area contributed by atoms with Gasteiger partial charge in [-0.15, -0.1) is 0 Å². The molecule has 1 heterocycles. The number of nitrogens with two attached hydrogens (primary N) is 1. The van der Waals surface area contributed by atoms with E-state index >= 15 is 0 Å². The van der Waals surface area contributed by atoms with Crippen molar-refractivity contribution in [3.63, 3.8) is 0 Å². The molecule has 16 heavy (non-hydrogen) atoms. The van der Waals surface area contributed by atoms with Crippen molar-refractivity contribution in [1.82, 2.24) is 9.97 Å². The fourth-order valence-electron chi connectivity index (χ4n) is 1.46. The van der Waals surface area contributed by atoms with Gasteiger partial charge in [-0.25, -0.2) is 15.8 Å². The fourth-order valence-corrected chi connectivity index (χ4v) is 1.46. The van der Waals surface area contributed by atoms with Crippen LogP contribution in [0.1, 0.15) is 32.5 Å². The molecule has 0 aliphatic heterocycles. The van der Waals surface area contributed by atoms with Crippen molar-refractivity contribution in [3.8, 4) is 0 Å². The van der Waals surface area contributed by atoms with Gasteiger partial charge >= 0.3 is 0 Å². The van der Waals surface area contributed by atoms with Gasteiger partial charge in [-0.2, -0.15) is 0 Å². The molecule has 0 aliphatic carbocycles. The zero-order chi connectivity index (χ0) is 12.0. The number of hydrogen-bond acceptors (Lipinski definition) is 5. The summed E-state index contributed by atoms with van der Waals surface area (Å²) < 4.78 is 0. The second-order valence-electron chi connectivity index (χ2n) is 4.29. The lowest BCUT2D eigenvalue weighted by atomic mass is 10.1. The highest BCUT2D eigenvalue weighted by molar-refractivity contribution is 5.46. The fraction of sp³-hybridized carbons (Fsp3) is 0.636. The van der Waals surface area contributed by atoms with Gasteiger partial charge in [-0.1, -0.05) is 13.8 Å². The van der Waals surface area contributed by atoms with Crippen molar-refractivity contribution in [1.29, 1.82) is 0 Å². The van der Waals surface area contributed by atoms with Crippen molar-refractivity contribution in [2.45, 2.75) is 33.6 Å². The van der Waals surface area contributed by atoms with Crippen LogP contribution in [0.5, 0.6) is 0 Å². The smallest absolute Gasteiger partial charge is 0.145 e. The molecule has 5 heteroatoms. The van der Waals surface area contributed by atoms with Crippen molar-refractivity contribution >= 4 is 11.6 Å². The van der Waals surface area contributed by atoms with Crippen molar-refractivity contribution in [2.75, 3.05) is 17.3 Å². The molecular formula is C11H21N5. The molecule has 0 spiro atoms. The van der Waals surface area contributed by atoms with E-state index < -0.39 is 0 Å². The van der Waals surface area contributed by atoms with Crippen molar-refractivity contribution in [2.24, 2.45) is 11.8 Å². The van der Waals surface area contributed by atoms with Crippen LogP contribution in [-0.4, -0.2) is 16.5 Å². The Labute approximate surface area is 96.8 Å². The van der Waals surface area contributed by atoms with Crippen molar-refractivity contribution < 1.29 is 0 Å². The average molecular weight is 223 g/mol. The van der Waals surface area contributed by atoms with Crippen LogP contribution >= 0.6 is 0 Å². The first kappa shape index (κ1) is 12.7. The molecule has 0 amide bonds. The van der Waals surface area contributed by atoms with Gasteiger partial charge in [0.2, 0.25) is 0 Å². The molecule has 0 saturated heterocycles. The van der Waals surface area contributed by atoms with Crippen LogP contribution in [0.15, 0.2) is 6.07 Å². The van der Waals surface area contributed by atoms with Crippen LogP contribution in [0.3, 0.4) is 0 Å². The molecule has 0 fully saturated rings. The van der Waals surface area contributed by atoms with E-state index in [1.165, 1.54) is 6.42 Å². The molecule has 0 atom stereocenters. The maximum Gasteiger partial charge on any atom is 0.145 e. The lowest BCUT2D eigenvalue weighted by Crippen LogP contribution is -2.12. The Morgan fingerprint density at radius 2 is 2.00 bits per heavy atom. The van der Waals surface area contributed by atoms with Crippen LogP contribution in [-0.2, 0) is 0 Å². The van der Waals surface area contributed by atoms with Crippen LogP contribution in [0.2, 0.25) is 0 Å². The van der Waals surface area contributed by atoms with Gasteiger partial charge < -0.3 is 10.7 Å². The Bertz CT molecular complexity index is 324. The third-order valence-electron chi connectivity index (χ3n) is 2.25. The lowest BCUT2D eigenvalue weighted by Gasteiger charge is -2.09. The maximum atomic E-state index is 5.31. The monoisotopic (exact) mass is 223 g/mol. The minimum Gasteiger partial charge on any atom is -0.370 e. The van der Waals surface area contributed by atoms with Crippen LogP contribution in [0.4, 0.5) is 11.6 Å². The van der Waals surface area contributed by atoms with Gasteiger partial charge in [0.05, 0.1) is 0 Å². The Morgan fingerprint density at radius 3 is 2.62 bits per heavy atom. The van der Waals surface area contributed by atoms with E-state index in [-0.39, 0.29) is 0 Å². The predicted octanol–water partition coefficient (Wildman–Crippen LogP) is 1.92. The van der Waals surface area contributed by atoms with Gasteiger partial charge in [0.15, 0.2) is 0 Å². The quantitative estimate of drug-likeness (QED) is 0.390. The molecule has 90 valence electrons. The standard InChI is InChI=1S/C11H21N5/c1-8(2)5-4-6-13-10-7-11(16-12)15-9(3)14-10/h7-8H,4-6,12H2,1-3H3,(H2,13,14,15,16). The summed E-state index contributed by atoms with van der Waals surface area (Å²) in [7, 11) is 0. The molecular weight excluding hydrogens is 202 g/mol. The molecule has 1 aromatic heterocycles. The summed E-state index contributed by atoms with van der Waals surface area (Å²) >= 11 is 0. The molecule has 0 aliphatic rings. The molecule has 0 unspecified atom stereocenters. The lowest BCUT2D eigenvalue weighted by molar-refractivity contribution is 0.566. The molecule has 1 aromatic rings. The number of anilines is 2. The number of nitrogen functional groups attached to an aromatic ring is 1. The number of aryl methyl sites for hydroxylation is 1. The van der Waals surface area contributed by atoms with E-state index in [0.717, 1.165) is 24.7 Å². The molecule has 0 saturated carbocycles. The van der Waals surface area contributed by atoms with Gasteiger partial charge in [-0.3, -0.25) is 0 Å². The number of nitrogens with one attached hydrogen (secondary N) is 2. The number of hydrazine groups is 1. The summed E-state index contributed by atoms with van der Waals surface area (Å²) in [4.78, 5) is 8.40. The number of nitrogens with zero attached hydrogens (tertiary/aromatic N) is 2. The minimum atomic E-state index is 0.638. The predicted molar refractivity (Wildman–Crippen MR) is 67.1 cm³/mol. The number of rotatable bonds is 6. The zero-order valence-corrected chi connectivity index (χ0v) is 10.2. The highest BCUT2D eigenvalue weighted by Crippen LogP contribution is 2.10. The summed E-state index contributed by atoms with van der Waals surface area (Å²) in [5.41, 5.74) is 2.53. The summed E-state index contributed by atoms with van der Waals surface area (Å²) in [5, 5.41) is 3.27. The van der Waals surface area contributed by atoms with Gasteiger partial charge in [0, 0.05) is 12.6 Å². The molecule has 0 bridgehead atoms. The number of hydrogen-bond donors (Lipinski definition) is 3. The van der Waals surface area contributed by atoms with Crippen LogP contribution in [0.25, 0.3) is 0 Å².